The van der Waals surface area contributed by atoms with Crippen molar-refractivity contribution in [3.63, 3.8) is 0 Å². The summed E-state index contributed by atoms with van der Waals surface area (Å²) in [6.07, 6.45) is 0. The van der Waals surface area contributed by atoms with Gasteiger partial charge < -0.3 is 10.4 Å². The second-order valence-electron chi connectivity index (χ2n) is 6.14. The maximum atomic E-state index is 9.73. The number of aromatic hydroxyl groups is 1. The topological polar surface area (TPSA) is 32.3 Å². The SMILES string of the molecule is Cc1cc(NC(C)c2ccc(C(C)C)cc2)c(C)cc1O. The highest BCUT2D eigenvalue weighted by atomic mass is 16.3. The van der Waals surface area contributed by atoms with Crippen LogP contribution in [0.5, 0.6) is 5.75 Å². The van der Waals surface area contributed by atoms with Gasteiger partial charge >= 0.3 is 0 Å². The molecule has 0 aliphatic carbocycles. The van der Waals surface area contributed by atoms with Gasteiger partial charge in [-0.3, -0.25) is 0 Å². The first-order valence-corrected chi connectivity index (χ1v) is 7.55. The van der Waals surface area contributed by atoms with Crippen LogP contribution in [0.15, 0.2) is 36.4 Å². The van der Waals surface area contributed by atoms with Gasteiger partial charge in [0.25, 0.3) is 0 Å². The molecule has 1 atom stereocenters. The first-order valence-electron chi connectivity index (χ1n) is 7.55. The Morgan fingerprint density at radius 1 is 0.857 bits per heavy atom. The van der Waals surface area contributed by atoms with Gasteiger partial charge in [-0.2, -0.15) is 0 Å². The fourth-order valence-corrected chi connectivity index (χ4v) is 2.44. The Bertz CT molecular complexity index is 614. The molecule has 0 bridgehead atoms. The van der Waals surface area contributed by atoms with Crippen molar-refractivity contribution in [2.45, 2.75) is 46.6 Å². The van der Waals surface area contributed by atoms with E-state index >= 15 is 0 Å². The lowest BCUT2D eigenvalue weighted by molar-refractivity contribution is 0.470. The highest BCUT2D eigenvalue weighted by molar-refractivity contribution is 5.57. The van der Waals surface area contributed by atoms with E-state index in [9.17, 15) is 5.11 Å². The van der Waals surface area contributed by atoms with Crippen molar-refractivity contribution < 1.29 is 5.11 Å². The fourth-order valence-electron chi connectivity index (χ4n) is 2.44. The van der Waals surface area contributed by atoms with Crippen LogP contribution in [0.25, 0.3) is 0 Å². The van der Waals surface area contributed by atoms with E-state index in [1.54, 1.807) is 0 Å². The summed E-state index contributed by atoms with van der Waals surface area (Å²) in [5.41, 5.74) is 5.66. The molecule has 21 heavy (non-hydrogen) atoms. The molecule has 0 aliphatic rings. The van der Waals surface area contributed by atoms with E-state index in [0.29, 0.717) is 11.7 Å². The number of benzene rings is 2. The zero-order valence-electron chi connectivity index (χ0n) is 13.6. The Hall–Kier alpha value is -1.96. The summed E-state index contributed by atoms with van der Waals surface area (Å²) in [4.78, 5) is 0. The Morgan fingerprint density at radius 3 is 2.00 bits per heavy atom. The average molecular weight is 283 g/mol. The lowest BCUT2D eigenvalue weighted by Gasteiger charge is -2.19. The van der Waals surface area contributed by atoms with E-state index in [1.807, 2.05) is 26.0 Å². The average Bonchev–Trinajstić information content (AvgIpc) is 2.44. The second kappa shape index (κ2) is 6.21. The summed E-state index contributed by atoms with van der Waals surface area (Å²) in [5.74, 6) is 0.913. The lowest BCUT2D eigenvalue weighted by Crippen LogP contribution is -2.08. The van der Waals surface area contributed by atoms with Crippen LogP contribution >= 0.6 is 0 Å². The first-order chi connectivity index (χ1) is 9.88. The maximum Gasteiger partial charge on any atom is 0.118 e. The van der Waals surface area contributed by atoms with Gasteiger partial charge in [0.05, 0.1) is 0 Å². The van der Waals surface area contributed by atoms with Gasteiger partial charge in [-0.15, -0.1) is 0 Å². The standard InChI is InChI=1S/C19H25NO/c1-12(2)16-6-8-17(9-7-16)15(5)20-18-10-14(4)19(21)11-13(18)3/h6-12,15,20-21H,1-5H3. The number of hydrogen-bond donors (Lipinski definition) is 2. The van der Waals surface area contributed by atoms with E-state index in [0.717, 1.165) is 16.8 Å². The molecule has 2 heteroatoms. The maximum absolute atomic E-state index is 9.73. The van der Waals surface area contributed by atoms with Crippen LogP contribution in [-0.4, -0.2) is 5.11 Å². The monoisotopic (exact) mass is 283 g/mol. The van der Waals surface area contributed by atoms with Gasteiger partial charge in [0, 0.05) is 11.7 Å². The van der Waals surface area contributed by atoms with Gasteiger partial charge in [0.2, 0.25) is 0 Å². The van der Waals surface area contributed by atoms with E-state index in [1.165, 1.54) is 11.1 Å². The molecule has 0 heterocycles. The molecule has 2 aromatic rings. The molecule has 0 radical (unpaired) electrons. The third-order valence-electron chi connectivity index (χ3n) is 4.02. The molecule has 2 aromatic carbocycles. The number of hydrogen-bond acceptors (Lipinski definition) is 2. The third-order valence-corrected chi connectivity index (χ3v) is 4.02. The van der Waals surface area contributed by atoms with E-state index in [-0.39, 0.29) is 6.04 Å². The van der Waals surface area contributed by atoms with Gasteiger partial charge in [-0.05, 0) is 61.1 Å². The summed E-state index contributed by atoms with van der Waals surface area (Å²) >= 11 is 0. The smallest absolute Gasteiger partial charge is 0.118 e. The van der Waals surface area contributed by atoms with Gasteiger partial charge in [0.1, 0.15) is 5.75 Å². The number of phenols is 1. The lowest BCUT2D eigenvalue weighted by atomic mass is 9.99. The molecule has 0 saturated heterocycles. The van der Waals surface area contributed by atoms with Crippen LogP contribution in [0.4, 0.5) is 5.69 Å². The normalized spacial score (nSPS) is 12.5. The van der Waals surface area contributed by atoms with Crippen LogP contribution in [-0.2, 0) is 0 Å². The van der Waals surface area contributed by atoms with Gasteiger partial charge in [0.15, 0.2) is 0 Å². The summed E-state index contributed by atoms with van der Waals surface area (Å²) in [5, 5.41) is 13.3. The van der Waals surface area contributed by atoms with Crippen molar-refractivity contribution in [2.75, 3.05) is 5.32 Å². The molecule has 1 unspecified atom stereocenters. The van der Waals surface area contributed by atoms with Crippen molar-refractivity contribution in [2.24, 2.45) is 0 Å². The van der Waals surface area contributed by atoms with Crippen molar-refractivity contribution in [3.8, 4) is 5.75 Å². The highest BCUT2D eigenvalue weighted by Gasteiger charge is 2.09. The van der Waals surface area contributed by atoms with Crippen molar-refractivity contribution in [1.29, 1.82) is 0 Å². The molecule has 0 saturated carbocycles. The predicted octanol–water partition coefficient (Wildman–Crippen LogP) is 5.31. The number of aryl methyl sites for hydroxylation is 2. The summed E-state index contributed by atoms with van der Waals surface area (Å²) in [6, 6.07) is 12.8. The van der Waals surface area contributed by atoms with Crippen LogP contribution in [0.1, 0.15) is 55.0 Å². The Morgan fingerprint density at radius 2 is 1.43 bits per heavy atom. The first kappa shape index (κ1) is 15.4. The van der Waals surface area contributed by atoms with E-state index in [4.69, 9.17) is 0 Å². The predicted molar refractivity (Wildman–Crippen MR) is 90.1 cm³/mol. The molecule has 0 aliphatic heterocycles. The van der Waals surface area contributed by atoms with Gasteiger partial charge in [-0.25, -0.2) is 0 Å². The van der Waals surface area contributed by atoms with E-state index < -0.39 is 0 Å². The second-order valence-corrected chi connectivity index (χ2v) is 6.14. The van der Waals surface area contributed by atoms with Gasteiger partial charge in [-0.1, -0.05) is 38.1 Å². The Labute approximate surface area is 127 Å². The fraction of sp³-hybridized carbons (Fsp3) is 0.368. The zero-order valence-corrected chi connectivity index (χ0v) is 13.6. The minimum Gasteiger partial charge on any atom is -0.508 e. The number of phenolic OH excluding ortho intramolecular Hbond substituents is 1. The molecular formula is C19H25NO. The number of nitrogens with one attached hydrogen (secondary N) is 1. The summed E-state index contributed by atoms with van der Waals surface area (Å²) < 4.78 is 0. The van der Waals surface area contributed by atoms with Crippen LogP contribution in [0.3, 0.4) is 0 Å². The molecule has 0 fully saturated rings. The molecule has 0 amide bonds. The van der Waals surface area contributed by atoms with E-state index in [2.05, 4.69) is 50.4 Å². The third kappa shape index (κ3) is 3.57. The van der Waals surface area contributed by atoms with Crippen molar-refractivity contribution in [3.05, 3.63) is 58.7 Å². The Kier molecular flexibility index (Phi) is 4.56. The summed E-state index contributed by atoms with van der Waals surface area (Å²) in [7, 11) is 0. The highest BCUT2D eigenvalue weighted by Crippen LogP contribution is 2.28. The molecule has 2 nitrogen and oxygen atoms in total. The molecule has 112 valence electrons. The van der Waals surface area contributed by atoms with Crippen molar-refractivity contribution in [1.82, 2.24) is 0 Å². The van der Waals surface area contributed by atoms with Crippen LogP contribution in [0.2, 0.25) is 0 Å². The quantitative estimate of drug-likeness (QED) is 0.746. The van der Waals surface area contributed by atoms with Crippen LogP contribution in [0, 0.1) is 13.8 Å². The number of anilines is 1. The largest absolute Gasteiger partial charge is 0.508 e. The van der Waals surface area contributed by atoms with Crippen LogP contribution < -0.4 is 5.32 Å². The molecule has 2 N–H and O–H groups in total. The minimum absolute atomic E-state index is 0.230. The Balaban J connectivity index is 2.17. The molecule has 0 spiro atoms. The zero-order chi connectivity index (χ0) is 15.6. The molecule has 2 rings (SSSR count). The summed E-state index contributed by atoms with van der Waals surface area (Å²) in [6.45, 7) is 10.5. The molecular weight excluding hydrogens is 258 g/mol. The molecule has 0 aromatic heterocycles. The minimum atomic E-state index is 0.230. The number of rotatable bonds is 4. The van der Waals surface area contributed by atoms with Crippen molar-refractivity contribution >= 4 is 5.69 Å².